The Hall–Kier alpha value is -1.07. The minimum absolute atomic E-state index is 0.108. The number of ether oxygens (including phenoxy) is 1. The second-order valence-electron chi connectivity index (χ2n) is 3.72. The minimum atomic E-state index is 0.108. The summed E-state index contributed by atoms with van der Waals surface area (Å²) in [5.74, 6) is 0.108. The molecule has 0 amide bonds. The smallest absolute Gasteiger partial charge is 0.124 e. The molecule has 0 aliphatic carbocycles. The first-order valence-corrected chi connectivity index (χ1v) is 6.18. The number of amidine groups is 1. The molecule has 0 radical (unpaired) electrons. The van der Waals surface area contributed by atoms with Gasteiger partial charge in [0.25, 0.3) is 0 Å². The highest BCUT2D eigenvalue weighted by Crippen LogP contribution is 2.31. The molecule has 0 spiro atoms. The van der Waals surface area contributed by atoms with Crippen LogP contribution in [0, 0.1) is 5.41 Å². The van der Waals surface area contributed by atoms with Crippen LogP contribution in [0.5, 0.6) is 0 Å². The third-order valence-electron chi connectivity index (χ3n) is 2.54. The van der Waals surface area contributed by atoms with Crippen LogP contribution < -0.4 is 5.73 Å². The second kappa shape index (κ2) is 5.32. The van der Waals surface area contributed by atoms with E-state index >= 15 is 0 Å². The van der Waals surface area contributed by atoms with Gasteiger partial charge in [-0.25, -0.2) is 0 Å². The number of nitrogens with two attached hydrogens (primary N) is 1. The fraction of sp³-hybridized carbons (Fsp3) is 0.455. The lowest BCUT2D eigenvalue weighted by molar-refractivity contribution is 0.100. The maximum Gasteiger partial charge on any atom is 0.124 e. The van der Waals surface area contributed by atoms with Crippen LogP contribution in [-0.4, -0.2) is 29.3 Å². The summed E-state index contributed by atoms with van der Waals surface area (Å²) in [4.78, 5) is 5.09. The van der Waals surface area contributed by atoms with Gasteiger partial charge < -0.3 is 10.5 Å². The van der Waals surface area contributed by atoms with Gasteiger partial charge in [0.15, 0.2) is 0 Å². The second-order valence-corrected chi connectivity index (χ2v) is 5.06. The molecule has 1 saturated heterocycles. The van der Waals surface area contributed by atoms with E-state index in [2.05, 4.69) is 4.98 Å². The van der Waals surface area contributed by atoms with Gasteiger partial charge >= 0.3 is 0 Å². The molecule has 1 aromatic heterocycles. The van der Waals surface area contributed by atoms with Crippen LogP contribution in [0.3, 0.4) is 0 Å². The Morgan fingerprint density at radius 1 is 1.50 bits per heavy atom. The fourth-order valence-electron chi connectivity index (χ4n) is 1.67. The Labute approximate surface area is 99.1 Å². The lowest BCUT2D eigenvalue weighted by Crippen LogP contribution is -2.18. The molecular formula is C11H15N3OS. The Balaban J connectivity index is 2.10. The van der Waals surface area contributed by atoms with Gasteiger partial charge in [-0.05, 0) is 18.9 Å². The van der Waals surface area contributed by atoms with Crippen LogP contribution in [0.1, 0.15) is 18.4 Å². The molecule has 0 bridgehead atoms. The summed E-state index contributed by atoms with van der Waals surface area (Å²) in [6, 6.07) is 1.80. The van der Waals surface area contributed by atoms with Gasteiger partial charge in [0.2, 0.25) is 0 Å². The highest BCUT2D eigenvalue weighted by atomic mass is 32.2. The van der Waals surface area contributed by atoms with Gasteiger partial charge in [0.05, 0.1) is 0 Å². The van der Waals surface area contributed by atoms with E-state index in [1.54, 1.807) is 30.2 Å². The van der Waals surface area contributed by atoms with Gasteiger partial charge in [0, 0.05) is 41.3 Å². The first kappa shape index (κ1) is 11.4. The van der Waals surface area contributed by atoms with E-state index in [1.807, 2.05) is 0 Å². The summed E-state index contributed by atoms with van der Waals surface area (Å²) in [6.45, 7) is 1.65. The zero-order valence-electron chi connectivity index (χ0n) is 8.98. The Bertz CT molecular complexity index is 377. The zero-order valence-corrected chi connectivity index (χ0v) is 9.80. The molecule has 0 unspecified atom stereocenters. The summed E-state index contributed by atoms with van der Waals surface area (Å²) in [7, 11) is 0. The third kappa shape index (κ3) is 2.74. The number of rotatable bonds is 3. The van der Waals surface area contributed by atoms with Crippen LogP contribution in [0.25, 0.3) is 0 Å². The van der Waals surface area contributed by atoms with E-state index < -0.39 is 0 Å². The fourth-order valence-corrected chi connectivity index (χ4v) is 2.88. The molecule has 3 N–H and O–H groups in total. The van der Waals surface area contributed by atoms with Crippen molar-refractivity contribution in [1.29, 1.82) is 5.41 Å². The van der Waals surface area contributed by atoms with Gasteiger partial charge in [-0.3, -0.25) is 10.4 Å². The van der Waals surface area contributed by atoms with Crippen molar-refractivity contribution < 1.29 is 4.74 Å². The van der Waals surface area contributed by atoms with Crippen LogP contribution in [0.2, 0.25) is 0 Å². The number of hydrogen-bond acceptors (Lipinski definition) is 4. The number of nitrogen functional groups attached to an aromatic ring is 1. The van der Waals surface area contributed by atoms with Crippen molar-refractivity contribution in [2.24, 2.45) is 5.73 Å². The lowest BCUT2D eigenvalue weighted by Gasteiger charge is -2.22. The largest absolute Gasteiger partial charge is 0.384 e. The topological polar surface area (TPSA) is 72.0 Å². The molecule has 1 aliphatic heterocycles. The van der Waals surface area contributed by atoms with Crippen LogP contribution in [0.4, 0.5) is 0 Å². The number of aromatic nitrogens is 1. The highest BCUT2D eigenvalue weighted by molar-refractivity contribution is 8.00. The van der Waals surface area contributed by atoms with Gasteiger partial charge in [-0.2, -0.15) is 0 Å². The van der Waals surface area contributed by atoms with Crippen molar-refractivity contribution in [1.82, 2.24) is 4.98 Å². The third-order valence-corrected chi connectivity index (χ3v) is 3.92. The van der Waals surface area contributed by atoms with Crippen molar-refractivity contribution in [2.75, 3.05) is 13.2 Å². The van der Waals surface area contributed by atoms with E-state index in [-0.39, 0.29) is 5.84 Å². The lowest BCUT2D eigenvalue weighted by atomic mass is 10.2. The Morgan fingerprint density at radius 2 is 2.25 bits per heavy atom. The zero-order chi connectivity index (χ0) is 11.4. The van der Waals surface area contributed by atoms with Gasteiger partial charge in [-0.15, -0.1) is 11.8 Å². The molecule has 86 valence electrons. The molecule has 5 heteroatoms. The number of pyridine rings is 1. The summed E-state index contributed by atoms with van der Waals surface area (Å²) in [5.41, 5.74) is 6.32. The molecule has 2 rings (SSSR count). The van der Waals surface area contributed by atoms with Crippen molar-refractivity contribution in [3.05, 3.63) is 24.0 Å². The van der Waals surface area contributed by atoms with E-state index in [0.717, 1.165) is 36.5 Å². The molecule has 1 fully saturated rings. The molecule has 0 atom stereocenters. The van der Waals surface area contributed by atoms with E-state index in [4.69, 9.17) is 15.9 Å². The van der Waals surface area contributed by atoms with Gasteiger partial charge in [0.1, 0.15) is 5.84 Å². The molecule has 2 heterocycles. The summed E-state index contributed by atoms with van der Waals surface area (Å²) < 4.78 is 5.32. The molecule has 0 saturated carbocycles. The van der Waals surface area contributed by atoms with E-state index in [0.29, 0.717) is 5.25 Å². The summed E-state index contributed by atoms with van der Waals surface area (Å²) >= 11 is 1.76. The number of hydrogen-bond donors (Lipinski definition) is 2. The number of nitrogens with one attached hydrogen (secondary N) is 1. The van der Waals surface area contributed by atoms with Gasteiger partial charge in [-0.1, -0.05) is 0 Å². The SMILES string of the molecule is N=C(N)c1ccncc1SC1CCOCC1. The summed E-state index contributed by atoms with van der Waals surface area (Å²) in [5, 5.41) is 8.06. The summed E-state index contributed by atoms with van der Waals surface area (Å²) in [6.07, 6.45) is 5.56. The predicted molar refractivity (Wildman–Crippen MR) is 65.0 cm³/mol. The average molecular weight is 237 g/mol. The maximum atomic E-state index is 7.51. The van der Waals surface area contributed by atoms with Crippen LogP contribution in [0.15, 0.2) is 23.4 Å². The van der Waals surface area contributed by atoms with Crippen molar-refractivity contribution in [2.45, 2.75) is 23.0 Å². The van der Waals surface area contributed by atoms with Crippen LogP contribution in [-0.2, 0) is 4.74 Å². The normalized spacial score (nSPS) is 17.2. The molecule has 0 aromatic carbocycles. The van der Waals surface area contributed by atoms with Crippen molar-refractivity contribution in [3.8, 4) is 0 Å². The minimum Gasteiger partial charge on any atom is -0.384 e. The number of thioether (sulfide) groups is 1. The van der Waals surface area contributed by atoms with E-state index in [1.165, 1.54) is 0 Å². The maximum absolute atomic E-state index is 7.51. The first-order valence-electron chi connectivity index (χ1n) is 5.30. The number of nitrogens with zero attached hydrogens (tertiary/aromatic N) is 1. The Morgan fingerprint density at radius 3 is 2.94 bits per heavy atom. The standard InChI is InChI=1S/C11H15N3OS/c12-11(13)9-1-4-14-7-10(9)16-8-2-5-15-6-3-8/h1,4,7-8H,2-3,5-6H2,(H3,12,13). The van der Waals surface area contributed by atoms with Crippen molar-refractivity contribution in [3.63, 3.8) is 0 Å². The molecule has 4 nitrogen and oxygen atoms in total. The molecule has 16 heavy (non-hydrogen) atoms. The molecular weight excluding hydrogens is 222 g/mol. The molecule has 1 aromatic rings. The monoisotopic (exact) mass is 237 g/mol. The highest BCUT2D eigenvalue weighted by Gasteiger charge is 2.17. The molecule has 1 aliphatic rings. The van der Waals surface area contributed by atoms with E-state index in [9.17, 15) is 0 Å². The Kier molecular flexibility index (Phi) is 3.79. The average Bonchev–Trinajstić information content (AvgIpc) is 2.31. The predicted octanol–water partition coefficient (Wildman–Crippen LogP) is 1.64. The first-order chi connectivity index (χ1) is 7.77. The van der Waals surface area contributed by atoms with Crippen LogP contribution >= 0.6 is 11.8 Å². The van der Waals surface area contributed by atoms with Crippen molar-refractivity contribution >= 4 is 17.6 Å². The quantitative estimate of drug-likeness (QED) is 0.619.